The third-order valence-corrected chi connectivity index (χ3v) is 5.11. The number of aromatic nitrogens is 3. The molecule has 3 amide bonds. The fraction of sp³-hybridized carbons (Fsp3) is 0.208. The van der Waals surface area contributed by atoms with Gasteiger partial charge < -0.3 is 21.7 Å². The van der Waals surface area contributed by atoms with E-state index >= 15 is 0 Å². The summed E-state index contributed by atoms with van der Waals surface area (Å²) in [6, 6.07) is 10.1. The van der Waals surface area contributed by atoms with Crippen LogP contribution in [0.3, 0.4) is 0 Å². The van der Waals surface area contributed by atoms with Gasteiger partial charge >= 0.3 is 0 Å². The van der Waals surface area contributed by atoms with Gasteiger partial charge in [0.2, 0.25) is 5.91 Å². The number of nitrogens with zero attached hydrogens (tertiary/aromatic N) is 3. The molecule has 2 heterocycles. The van der Waals surface area contributed by atoms with E-state index in [-0.39, 0.29) is 35.8 Å². The highest BCUT2D eigenvalue weighted by Crippen LogP contribution is 2.19. The number of rotatable bonds is 8. The lowest BCUT2D eigenvalue weighted by Crippen LogP contribution is -2.36. The maximum atomic E-state index is 12.4. The second kappa shape index (κ2) is 10.4. The average molecular weight is 460 g/mol. The second-order valence-corrected chi connectivity index (χ2v) is 7.75. The molecule has 10 nitrogen and oxygen atoms in total. The number of fused-ring (bicyclic) bond motifs is 1. The van der Waals surface area contributed by atoms with Crippen LogP contribution < -0.4 is 21.7 Å². The van der Waals surface area contributed by atoms with Crippen LogP contribution in [0.5, 0.6) is 0 Å². The van der Waals surface area contributed by atoms with E-state index in [0.29, 0.717) is 29.9 Å². The van der Waals surface area contributed by atoms with E-state index in [2.05, 4.69) is 26.0 Å². The largest absolute Gasteiger partial charge is 0.384 e. The zero-order valence-electron chi connectivity index (χ0n) is 18.5. The minimum atomic E-state index is -0.374. The predicted molar refractivity (Wildman–Crippen MR) is 129 cm³/mol. The van der Waals surface area contributed by atoms with Crippen molar-refractivity contribution in [1.29, 1.82) is 0 Å². The van der Waals surface area contributed by atoms with Gasteiger partial charge in [-0.05, 0) is 43.2 Å². The molecule has 0 aliphatic heterocycles. The average Bonchev–Trinajstić information content (AvgIpc) is 3.23. The number of carbonyl (C=O) groups is 3. The van der Waals surface area contributed by atoms with Crippen molar-refractivity contribution in [3.63, 3.8) is 0 Å². The number of pyridine rings is 1. The van der Waals surface area contributed by atoms with Gasteiger partial charge in [-0.3, -0.25) is 19.1 Å². The number of carbonyl (C=O) groups excluding carboxylic acids is 3. The molecular weight excluding hydrogens is 434 g/mol. The standard InChI is InChI=1S/C24H25N7O3/c25-21-8-4-7-20(29-21)24(34)28-18-9-10-19-17(13-18)14-31(30-19)15-22(32)26-11-12-27-23(33)16-5-2-1-3-6-16/h2,4-10,13-14H,1,3,11-12,15H2,(H2,25,29)(H,26,32)(H,27,33)(H,28,34). The number of allylic oxidation sites excluding steroid dienone is 2. The van der Waals surface area contributed by atoms with Crippen LogP contribution in [-0.4, -0.2) is 45.6 Å². The number of benzene rings is 1. The van der Waals surface area contributed by atoms with Crippen molar-refractivity contribution < 1.29 is 14.4 Å². The number of nitrogens with two attached hydrogens (primary N) is 1. The third-order valence-electron chi connectivity index (χ3n) is 5.11. The SMILES string of the molecule is Nc1cccc(C(=O)Nc2ccc3nn(CC(=O)NCCNC(=O)C4=CCCC=C4)cc3c2)n1. The zero-order valence-corrected chi connectivity index (χ0v) is 18.5. The first-order valence-electron chi connectivity index (χ1n) is 10.9. The van der Waals surface area contributed by atoms with Crippen LogP contribution in [0.25, 0.3) is 10.9 Å². The van der Waals surface area contributed by atoms with Crippen LogP contribution in [0.4, 0.5) is 11.5 Å². The Morgan fingerprint density at radius 1 is 1.03 bits per heavy atom. The molecule has 1 aromatic carbocycles. The smallest absolute Gasteiger partial charge is 0.274 e. The molecule has 0 unspecified atom stereocenters. The molecule has 0 radical (unpaired) electrons. The molecular formula is C24H25N7O3. The van der Waals surface area contributed by atoms with Crippen molar-refractivity contribution in [2.24, 2.45) is 0 Å². The maximum Gasteiger partial charge on any atom is 0.274 e. The number of amides is 3. The number of nitrogen functional groups attached to an aromatic ring is 1. The topological polar surface area (TPSA) is 144 Å². The number of hydrogen-bond donors (Lipinski definition) is 4. The first kappa shape index (κ1) is 22.7. The van der Waals surface area contributed by atoms with E-state index in [1.165, 1.54) is 4.68 Å². The molecule has 0 spiro atoms. The normalized spacial score (nSPS) is 12.8. The molecule has 2 aromatic heterocycles. The lowest BCUT2D eigenvalue weighted by atomic mass is 10.1. The molecule has 10 heteroatoms. The molecule has 5 N–H and O–H groups in total. The summed E-state index contributed by atoms with van der Waals surface area (Å²) >= 11 is 0. The van der Waals surface area contributed by atoms with E-state index in [9.17, 15) is 14.4 Å². The van der Waals surface area contributed by atoms with Crippen LogP contribution in [-0.2, 0) is 16.1 Å². The Hall–Kier alpha value is -4.47. The van der Waals surface area contributed by atoms with Gasteiger partial charge in [0.1, 0.15) is 18.1 Å². The summed E-state index contributed by atoms with van der Waals surface area (Å²) in [5.41, 5.74) is 7.76. The highest BCUT2D eigenvalue weighted by molar-refractivity contribution is 6.04. The lowest BCUT2D eigenvalue weighted by Gasteiger charge is -2.09. The summed E-state index contributed by atoms with van der Waals surface area (Å²) in [4.78, 5) is 40.7. The van der Waals surface area contributed by atoms with Gasteiger partial charge in [-0.1, -0.05) is 24.3 Å². The molecule has 34 heavy (non-hydrogen) atoms. The summed E-state index contributed by atoms with van der Waals surface area (Å²) in [6.45, 7) is 0.684. The highest BCUT2D eigenvalue weighted by Gasteiger charge is 2.11. The van der Waals surface area contributed by atoms with E-state index in [1.54, 1.807) is 42.6 Å². The Balaban J connectivity index is 1.27. The molecule has 0 saturated carbocycles. The molecule has 3 aromatic rings. The minimum absolute atomic E-state index is 0.0332. The van der Waals surface area contributed by atoms with Gasteiger partial charge in [0.25, 0.3) is 11.8 Å². The van der Waals surface area contributed by atoms with Crippen LogP contribution >= 0.6 is 0 Å². The fourth-order valence-corrected chi connectivity index (χ4v) is 3.47. The molecule has 0 fully saturated rings. The maximum absolute atomic E-state index is 12.4. The number of nitrogens with one attached hydrogen (secondary N) is 3. The summed E-state index contributed by atoms with van der Waals surface area (Å²) in [5, 5.41) is 13.5. The van der Waals surface area contributed by atoms with Gasteiger partial charge in [-0.25, -0.2) is 4.98 Å². The first-order chi connectivity index (χ1) is 16.5. The van der Waals surface area contributed by atoms with Crippen molar-refractivity contribution in [3.05, 3.63) is 72.1 Å². The Kier molecular flexibility index (Phi) is 6.97. The number of hydrogen-bond acceptors (Lipinski definition) is 6. The second-order valence-electron chi connectivity index (χ2n) is 7.75. The van der Waals surface area contributed by atoms with E-state index in [0.717, 1.165) is 18.2 Å². The van der Waals surface area contributed by atoms with Crippen molar-refractivity contribution in [1.82, 2.24) is 25.4 Å². The quantitative estimate of drug-likeness (QED) is 0.378. The van der Waals surface area contributed by atoms with E-state index in [4.69, 9.17) is 5.73 Å². The lowest BCUT2D eigenvalue weighted by molar-refractivity contribution is -0.122. The van der Waals surface area contributed by atoms with Crippen molar-refractivity contribution in [3.8, 4) is 0 Å². The summed E-state index contributed by atoms with van der Waals surface area (Å²) < 4.78 is 1.53. The fourth-order valence-electron chi connectivity index (χ4n) is 3.47. The van der Waals surface area contributed by atoms with Crippen LogP contribution in [0.2, 0.25) is 0 Å². The Bertz CT molecular complexity index is 1290. The predicted octanol–water partition coefficient (Wildman–Crippen LogP) is 1.77. The van der Waals surface area contributed by atoms with Crippen molar-refractivity contribution in [2.75, 3.05) is 24.1 Å². The highest BCUT2D eigenvalue weighted by atomic mass is 16.2. The molecule has 0 bridgehead atoms. The number of anilines is 2. The third kappa shape index (κ3) is 5.85. The van der Waals surface area contributed by atoms with E-state index in [1.807, 2.05) is 18.2 Å². The summed E-state index contributed by atoms with van der Waals surface area (Å²) in [6.07, 6.45) is 9.23. The van der Waals surface area contributed by atoms with Crippen molar-refractivity contribution in [2.45, 2.75) is 19.4 Å². The summed E-state index contributed by atoms with van der Waals surface area (Å²) in [7, 11) is 0. The Labute approximate surface area is 195 Å². The van der Waals surface area contributed by atoms with Gasteiger partial charge in [-0.15, -0.1) is 0 Å². The van der Waals surface area contributed by atoms with Crippen LogP contribution in [0.1, 0.15) is 23.3 Å². The zero-order chi connectivity index (χ0) is 23.9. The Morgan fingerprint density at radius 3 is 2.68 bits per heavy atom. The van der Waals surface area contributed by atoms with Gasteiger partial charge in [0, 0.05) is 35.9 Å². The van der Waals surface area contributed by atoms with Crippen molar-refractivity contribution >= 4 is 40.1 Å². The molecule has 0 atom stereocenters. The Morgan fingerprint density at radius 2 is 1.88 bits per heavy atom. The molecule has 1 aliphatic carbocycles. The molecule has 0 saturated heterocycles. The first-order valence-corrected chi connectivity index (χ1v) is 10.9. The van der Waals surface area contributed by atoms with Gasteiger partial charge in [0.15, 0.2) is 0 Å². The monoisotopic (exact) mass is 459 g/mol. The molecule has 1 aliphatic rings. The molecule has 4 rings (SSSR count). The van der Waals surface area contributed by atoms with Gasteiger partial charge in [0.05, 0.1) is 5.52 Å². The van der Waals surface area contributed by atoms with Crippen LogP contribution in [0, 0.1) is 0 Å². The van der Waals surface area contributed by atoms with Gasteiger partial charge in [-0.2, -0.15) is 5.10 Å². The molecule has 174 valence electrons. The minimum Gasteiger partial charge on any atom is -0.384 e. The summed E-state index contributed by atoms with van der Waals surface area (Å²) in [5.74, 6) is -0.469. The van der Waals surface area contributed by atoms with E-state index < -0.39 is 0 Å². The van der Waals surface area contributed by atoms with Crippen LogP contribution in [0.15, 0.2) is 66.4 Å².